The molecule has 4 nitrogen and oxygen atoms in total. The minimum Gasteiger partial charge on any atom is -0.366 e. The van der Waals surface area contributed by atoms with E-state index in [1.54, 1.807) is 6.33 Å². The van der Waals surface area contributed by atoms with Crippen molar-refractivity contribution in [3.05, 3.63) is 47.8 Å². The van der Waals surface area contributed by atoms with Crippen LogP contribution in [0.25, 0.3) is 0 Å². The van der Waals surface area contributed by atoms with Crippen molar-refractivity contribution >= 4 is 11.6 Å². The Labute approximate surface area is 132 Å². The van der Waals surface area contributed by atoms with E-state index < -0.39 is 0 Å². The predicted octanol–water partition coefficient (Wildman–Crippen LogP) is 3.63. The van der Waals surface area contributed by atoms with E-state index in [1.807, 2.05) is 0 Å². The van der Waals surface area contributed by atoms with Crippen LogP contribution in [0.15, 0.2) is 36.7 Å². The summed E-state index contributed by atoms with van der Waals surface area (Å²) < 4.78 is 0. The Morgan fingerprint density at radius 2 is 2.05 bits per heavy atom. The summed E-state index contributed by atoms with van der Waals surface area (Å²) in [5.74, 6) is 2.67. The molecular formula is C18H24N4. The molecule has 1 unspecified atom stereocenters. The Bertz CT molecular complexity index is 609. The zero-order valence-electron chi connectivity index (χ0n) is 13.4. The molecule has 1 fully saturated rings. The van der Waals surface area contributed by atoms with Crippen LogP contribution >= 0.6 is 0 Å². The van der Waals surface area contributed by atoms with Gasteiger partial charge in [-0.2, -0.15) is 0 Å². The lowest BCUT2D eigenvalue weighted by molar-refractivity contribution is 0.444. The van der Waals surface area contributed by atoms with Crippen molar-refractivity contribution in [2.24, 2.45) is 5.92 Å². The molecule has 2 aromatic rings. The lowest BCUT2D eigenvalue weighted by atomic mass is 10.0. The molecule has 2 heterocycles. The first-order valence-corrected chi connectivity index (χ1v) is 8.07. The average Bonchev–Trinajstić information content (AvgIpc) is 2.55. The Hall–Kier alpha value is -2.10. The summed E-state index contributed by atoms with van der Waals surface area (Å²) in [5.41, 5.74) is 2.55. The number of aryl methyl sites for hydroxylation is 1. The third-order valence-electron chi connectivity index (χ3n) is 4.23. The zero-order valence-corrected chi connectivity index (χ0v) is 13.4. The molecular weight excluding hydrogens is 272 g/mol. The molecule has 1 atom stereocenters. The van der Waals surface area contributed by atoms with Gasteiger partial charge in [-0.15, -0.1) is 0 Å². The monoisotopic (exact) mass is 296 g/mol. The van der Waals surface area contributed by atoms with Crippen LogP contribution in [0, 0.1) is 12.8 Å². The summed E-state index contributed by atoms with van der Waals surface area (Å²) in [6, 6.07) is 10.6. The number of hydrogen-bond acceptors (Lipinski definition) is 4. The Morgan fingerprint density at radius 1 is 1.23 bits per heavy atom. The highest BCUT2D eigenvalue weighted by atomic mass is 15.2. The molecule has 1 aliphatic rings. The molecule has 0 saturated carbocycles. The van der Waals surface area contributed by atoms with Gasteiger partial charge in [-0.1, -0.05) is 36.8 Å². The van der Waals surface area contributed by atoms with E-state index >= 15 is 0 Å². The molecule has 4 heteroatoms. The Balaban J connectivity index is 1.64. The maximum Gasteiger partial charge on any atom is 0.134 e. The number of nitrogens with one attached hydrogen (secondary N) is 1. The van der Waals surface area contributed by atoms with E-state index in [0.29, 0.717) is 0 Å². The Morgan fingerprint density at radius 3 is 2.82 bits per heavy atom. The van der Waals surface area contributed by atoms with Gasteiger partial charge in [0.25, 0.3) is 0 Å². The zero-order chi connectivity index (χ0) is 15.4. The number of hydrogen-bond donors (Lipinski definition) is 1. The maximum atomic E-state index is 4.44. The molecule has 0 spiro atoms. The summed E-state index contributed by atoms with van der Waals surface area (Å²) in [6.07, 6.45) is 4.23. The van der Waals surface area contributed by atoms with Crippen LogP contribution in [-0.4, -0.2) is 23.1 Å². The van der Waals surface area contributed by atoms with Crippen molar-refractivity contribution in [1.29, 1.82) is 0 Å². The first-order valence-electron chi connectivity index (χ1n) is 8.07. The molecule has 1 saturated heterocycles. The quantitative estimate of drug-likeness (QED) is 0.935. The van der Waals surface area contributed by atoms with Gasteiger partial charge in [0.1, 0.15) is 18.0 Å². The molecule has 1 N–H and O–H groups in total. The second-order valence-electron chi connectivity index (χ2n) is 6.29. The third-order valence-corrected chi connectivity index (χ3v) is 4.23. The van der Waals surface area contributed by atoms with Crippen molar-refractivity contribution in [3.8, 4) is 0 Å². The fourth-order valence-corrected chi connectivity index (χ4v) is 2.91. The van der Waals surface area contributed by atoms with Gasteiger partial charge in [0, 0.05) is 25.7 Å². The summed E-state index contributed by atoms with van der Waals surface area (Å²) in [6.45, 7) is 7.39. The van der Waals surface area contributed by atoms with Crippen LogP contribution in [0.3, 0.4) is 0 Å². The average molecular weight is 296 g/mol. The van der Waals surface area contributed by atoms with Crippen molar-refractivity contribution in [2.75, 3.05) is 23.3 Å². The van der Waals surface area contributed by atoms with E-state index in [1.165, 1.54) is 24.0 Å². The smallest absolute Gasteiger partial charge is 0.134 e. The van der Waals surface area contributed by atoms with Crippen molar-refractivity contribution in [2.45, 2.75) is 33.2 Å². The maximum absolute atomic E-state index is 4.44. The molecule has 0 bridgehead atoms. The van der Waals surface area contributed by atoms with E-state index in [4.69, 9.17) is 0 Å². The summed E-state index contributed by atoms with van der Waals surface area (Å²) in [4.78, 5) is 11.1. The van der Waals surface area contributed by atoms with Crippen molar-refractivity contribution in [1.82, 2.24) is 9.97 Å². The topological polar surface area (TPSA) is 41.0 Å². The fraction of sp³-hybridized carbons (Fsp3) is 0.444. The lowest BCUT2D eigenvalue weighted by Gasteiger charge is -2.31. The second kappa shape index (κ2) is 6.77. The number of piperidine rings is 1. The normalized spacial score (nSPS) is 18.3. The van der Waals surface area contributed by atoms with E-state index in [0.717, 1.165) is 37.2 Å². The highest BCUT2D eigenvalue weighted by Gasteiger charge is 2.17. The van der Waals surface area contributed by atoms with E-state index in [9.17, 15) is 0 Å². The van der Waals surface area contributed by atoms with Crippen LogP contribution in [0.5, 0.6) is 0 Å². The molecule has 3 rings (SSSR count). The van der Waals surface area contributed by atoms with Gasteiger partial charge in [-0.25, -0.2) is 9.97 Å². The molecule has 22 heavy (non-hydrogen) atoms. The largest absolute Gasteiger partial charge is 0.366 e. The van der Waals surface area contributed by atoms with Gasteiger partial charge < -0.3 is 10.2 Å². The molecule has 116 valence electrons. The highest BCUT2D eigenvalue weighted by molar-refractivity contribution is 5.49. The van der Waals surface area contributed by atoms with Gasteiger partial charge in [-0.3, -0.25) is 0 Å². The highest BCUT2D eigenvalue weighted by Crippen LogP contribution is 2.22. The molecule has 0 radical (unpaired) electrons. The van der Waals surface area contributed by atoms with Gasteiger partial charge in [0.15, 0.2) is 0 Å². The van der Waals surface area contributed by atoms with Gasteiger partial charge in [-0.05, 0) is 31.2 Å². The summed E-state index contributed by atoms with van der Waals surface area (Å²) in [7, 11) is 0. The summed E-state index contributed by atoms with van der Waals surface area (Å²) in [5, 5.41) is 3.39. The Kier molecular flexibility index (Phi) is 4.56. The van der Waals surface area contributed by atoms with Gasteiger partial charge >= 0.3 is 0 Å². The van der Waals surface area contributed by atoms with Crippen molar-refractivity contribution in [3.63, 3.8) is 0 Å². The molecule has 1 aliphatic heterocycles. The molecule has 0 amide bonds. The molecule has 1 aromatic heterocycles. The number of aromatic nitrogens is 2. The minimum atomic E-state index is 0.743. The molecule has 1 aromatic carbocycles. The van der Waals surface area contributed by atoms with Gasteiger partial charge in [0.05, 0.1) is 0 Å². The standard InChI is InChI=1S/C18H24N4/c1-14-5-7-16(8-6-14)11-19-17-10-18(21-13-20-17)22-9-3-4-15(2)12-22/h5-8,10,13,15H,3-4,9,11-12H2,1-2H3,(H,19,20,21). The van der Waals surface area contributed by atoms with Crippen LogP contribution in [-0.2, 0) is 6.54 Å². The fourth-order valence-electron chi connectivity index (χ4n) is 2.91. The second-order valence-corrected chi connectivity index (χ2v) is 6.29. The summed E-state index contributed by atoms with van der Waals surface area (Å²) >= 11 is 0. The number of benzene rings is 1. The number of nitrogens with zero attached hydrogens (tertiary/aromatic N) is 3. The lowest BCUT2D eigenvalue weighted by Crippen LogP contribution is -2.34. The van der Waals surface area contributed by atoms with E-state index in [2.05, 4.69) is 64.4 Å². The van der Waals surface area contributed by atoms with E-state index in [-0.39, 0.29) is 0 Å². The van der Waals surface area contributed by atoms with Gasteiger partial charge in [0.2, 0.25) is 0 Å². The number of anilines is 2. The van der Waals surface area contributed by atoms with Crippen LogP contribution in [0.2, 0.25) is 0 Å². The van der Waals surface area contributed by atoms with Crippen LogP contribution < -0.4 is 10.2 Å². The third kappa shape index (κ3) is 3.75. The van der Waals surface area contributed by atoms with Crippen LogP contribution in [0.4, 0.5) is 11.6 Å². The predicted molar refractivity (Wildman–Crippen MR) is 91.1 cm³/mol. The SMILES string of the molecule is Cc1ccc(CNc2cc(N3CCCC(C)C3)ncn2)cc1. The van der Waals surface area contributed by atoms with Crippen molar-refractivity contribution < 1.29 is 0 Å². The molecule has 0 aliphatic carbocycles. The minimum absolute atomic E-state index is 0.743. The van der Waals surface area contributed by atoms with Crippen LogP contribution in [0.1, 0.15) is 30.9 Å². The first-order chi connectivity index (χ1) is 10.7. The first kappa shape index (κ1) is 14.8. The number of rotatable bonds is 4.